The van der Waals surface area contributed by atoms with Crippen molar-refractivity contribution in [1.82, 2.24) is 10.2 Å². The van der Waals surface area contributed by atoms with Crippen LogP contribution in [0, 0.1) is 23.0 Å². The summed E-state index contributed by atoms with van der Waals surface area (Å²) in [5.41, 5.74) is 0.483. The lowest BCUT2D eigenvalue weighted by Gasteiger charge is -2.31. The summed E-state index contributed by atoms with van der Waals surface area (Å²) in [4.78, 5) is 38.5. The maximum atomic E-state index is 12.1. The van der Waals surface area contributed by atoms with Gasteiger partial charge in [0.05, 0.1) is 4.92 Å². The van der Waals surface area contributed by atoms with Crippen LogP contribution in [0.3, 0.4) is 0 Å². The van der Waals surface area contributed by atoms with Gasteiger partial charge in [0.1, 0.15) is 5.69 Å². The van der Waals surface area contributed by atoms with E-state index in [-0.39, 0.29) is 11.4 Å². The highest BCUT2D eigenvalue weighted by Crippen LogP contribution is 2.25. The van der Waals surface area contributed by atoms with Gasteiger partial charge in [-0.15, -0.1) is 11.3 Å². The second-order valence-corrected chi connectivity index (χ2v) is 8.27. The Balaban J connectivity index is 1.44. The van der Waals surface area contributed by atoms with Gasteiger partial charge in [-0.25, -0.2) is 0 Å². The highest BCUT2D eigenvalue weighted by atomic mass is 32.1. The zero-order valence-electron chi connectivity index (χ0n) is 16.2. The van der Waals surface area contributed by atoms with Crippen LogP contribution in [0.5, 0.6) is 0 Å². The molecule has 29 heavy (non-hydrogen) atoms. The minimum absolute atomic E-state index is 0.0163. The van der Waals surface area contributed by atoms with Crippen LogP contribution < -0.4 is 10.6 Å². The van der Waals surface area contributed by atoms with E-state index in [2.05, 4.69) is 33.0 Å². The number of aryl methyl sites for hydroxylation is 1. The number of hydrogen-bond donors (Lipinski definition) is 2. The van der Waals surface area contributed by atoms with E-state index >= 15 is 0 Å². The Morgan fingerprint density at radius 2 is 2.00 bits per heavy atom. The van der Waals surface area contributed by atoms with Crippen molar-refractivity contribution >= 4 is 34.5 Å². The Morgan fingerprint density at radius 1 is 1.24 bits per heavy atom. The minimum atomic E-state index is -0.896. The zero-order chi connectivity index (χ0) is 20.8. The van der Waals surface area contributed by atoms with Crippen LogP contribution >= 0.6 is 11.3 Å². The number of nitrogens with zero attached hydrogens (tertiary/aromatic N) is 2. The number of benzene rings is 1. The first kappa shape index (κ1) is 20.9. The van der Waals surface area contributed by atoms with Crippen molar-refractivity contribution in [3.8, 4) is 0 Å². The first-order chi connectivity index (χ1) is 13.9. The SMILES string of the molecule is Cc1ccc(NC(=O)C(=O)NCC2CCN(Cc3cccs3)CC2)c([N+](=O)[O-])c1. The maximum absolute atomic E-state index is 12.1. The van der Waals surface area contributed by atoms with E-state index in [0.717, 1.165) is 32.5 Å². The van der Waals surface area contributed by atoms with E-state index < -0.39 is 16.7 Å². The van der Waals surface area contributed by atoms with Gasteiger partial charge in [-0.2, -0.15) is 0 Å². The Kier molecular flexibility index (Phi) is 6.95. The van der Waals surface area contributed by atoms with Gasteiger partial charge < -0.3 is 10.6 Å². The smallest absolute Gasteiger partial charge is 0.313 e. The molecule has 1 aromatic heterocycles. The molecule has 154 valence electrons. The summed E-state index contributed by atoms with van der Waals surface area (Å²) in [5.74, 6) is -1.35. The van der Waals surface area contributed by atoms with Crippen LogP contribution in [0.15, 0.2) is 35.7 Å². The number of thiophene rings is 1. The summed E-state index contributed by atoms with van der Waals surface area (Å²) >= 11 is 1.75. The van der Waals surface area contributed by atoms with Crippen LogP contribution in [0.25, 0.3) is 0 Å². The molecule has 9 heteroatoms. The molecule has 2 amide bonds. The number of piperidine rings is 1. The van der Waals surface area contributed by atoms with Crippen LogP contribution in [0.2, 0.25) is 0 Å². The number of carbonyl (C=O) groups is 2. The first-order valence-corrected chi connectivity index (χ1v) is 10.4. The number of likely N-dealkylation sites (tertiary alicyclic amines) is 1. The molecule has 1 fully saturated rings. The second kappa shape index (κ2) is 9.62. The van der Waals surface area contributed by atoms with Crippen molar-refractivity contribution < 1.29 is 14.5 Å². The van der Waals surface area contributed by atoms with Gasteiger partial charge in [-0.05, 0) is 61.8 Å². The highest BCUT2D eigenvalue weighted by Gasteiger charge is 2.23. The summed E-state index contributed by atoms with van der Waals surface area (Å²) in [7, 11) is 0. The molecule has 8 nitrogen and oxygen atoms in total. The molecule has 0 spiro atoms. The van der Waals surface area contributed by atoms with Gasteiger partial charge in [-0.1, -0.05) is 12.1 Å². The predicted octanol–water partition coefficient (Wildman–Crippen LogP) is 2.93. The highest BCUT2D eigenvalue weighted by molar-refractivity contribution is 7.09. The van der Waals surface area contributed by atoms with Crippen molar-refractivity contribution in [1.29, 1.82) is 0 Å². The fourth-order valence-corrected chi connectivity index (χ4v) is 4.11. The molecule has 2 heterocycles. The molecule has 0 unspecified atom stereocenters. The lowest BCUT2D eigenvalue weighted by molar-refractivity contribution is -0.384. The fourth-order valence-electron chi connectivity index (χ4n) is 3.37. The molecule has 0 aliphatic carbocycles. The van der Waals surface area contributed by atoms with E-state index in [9.17, 15) is 19.7 Å². The van der Waals surface area contributed by atoms with E-state index in [1.807, 2.05) is 0 Å². The van der Waals surface area contributed by atoms with Gasteiger partial charge in [0, 0.05) is 24.0 Å². The fraction of sp³-hybridized carbons (Fsp3) is 0.400. The molecule has 0 saturated carbocycles. The largest absolute Gasteiger partial charge is 0.348 e. The van der Waals surface area contributed by atoms with Gasteiger partial charge >= 0.3 is 11.8 Å². The lowest BCUT2D eigenvalue weighted by atomic mass is 9.97. The molecule has 2 N–H and O–H groups in total. The number of hydrogen-bond acceptors (Lipinski definition) is 6. The van der Waals surface area contributed by atoms with Gasteiger partial charge in [0.2, 0.25) is 0 Å². The molecule has 1 aromatic carbocycles. The standard InChI is InChI=1S/C20H24N4O4S/c1-14-4-5-17(18(11-14)24(27)28)22-20(26)19(25)21-12-15-6-8-23(9-7-15)13-16-3-2-10-29-16/h2-5,10-11,15H,6-9,12-13H2,1H3,(H,21,25)(H,22,26). The molecule has 1 aliphatic rings. The molecular weight excluding hydrogens is 392 g/mol. The van der Waals surface area contributed by atoms with Gasteiger partial charge in [0.25, 0.3) is 5.69 Å². The normalized spacial score (nSPS) is 15.1. The summed E-state index contributed by atoms with van der Waals surface area (Å²) in [6.45, 7) is 5.01. The van der Waals surface area contributed by atoms with Crippen molar-refractivity contribution in [2.75, 3.05) is 25.0 Å². The second-order valence-electron chi connectivity index (χ2n) is 7.24. The average Bonchev–Trinajstić information content (AvgIpc) is 3.21. The quantitative estimate of drug-likeness (QED) is 0.428. The summed E-state index contributed by atoms with van der Waals surface area (Å²) in [6.07, 6.45) is 1.91. The van der Waals surface area contributed by atoms with Crippen molar-refractivity contribution in [3.05, 3.63) is 56.3 Å². The molecule has 2 aromatic rings. The lowest BCUT2D eigenvalue weighted by Crippen LogP contribution is -2.41. The predicted molar refractivity (Wildman–Crippen MR) is 112 cm³/mol. The monoisotopic (exact) mass is 416 g/mol. The van der Waals surface area contributed by atoms with Crippen LogP contribution in [-0.4, -0.2) is 41.3 Å². The van der Waals surface area contributed by atoms with Gasteiger partial charge in [-0.3, -0.25) is 24.6 Å². The Morgan fingerprint density at radius 3 is 2.66 bits per heavy atom. The molecule has 1 aliphatic heterocycles. The number of rotatable bonds is 6. The van der Waals surface area contributed by atoms with Crippen LogP contribution in [0.4, 0.5) is 11.4 Å². The minimum Gasteiger partial charge on any atom is -0.348 e. The number of nitrogens with one attached hydrogen (secondary N) is 2. The summed E-state index contributed by atoms with van der Waals surface area (Å²) < 4.78 is 0. The Bertz CT molecular complexity index is 877. The van der Waals surface area contributed by atoms with E-state index in [0.29, 0.717) is 18.0 Å². The van der Waals surface area contributed by atoms with E-state index in [1.54, 1.807) is 24.3 Å². The third-order valence-corrected chi connectivity index (χ3v) is 5.88. The van der Waals surface area contributed by atoms with Crippen LogP contribution in [-0.2, 0) is 16.1 Å². The Labute approximate surface area is 173 Å². The van der Waals surface area contributed by atoms with Crippen molar-refractivity contribution in [2.45, 2.75) is 26.3 Å². The van der Waals surface area contributed by atoms with E-state index in [1.165, 1.54) is 17.0 Å². The third-order valence-electron chi connectivity index (χ3n) is 5.02. The zero-order valence-corrected chi connectivity index (χ0v) is 17.0. The van der Waals surface area contributed by atoms with E-state index in [4.69, 9.17) is 0 Å². The third kappa shape index (κ3) is 5.85. The van der Waals surface area contributed by atoms with Crippen molar-refractivity contribution in [3.63, 3.8) is 0 Å². The molecule has 0 radical (unpaired) electrons. The number of nitro groups is 1. The van der Waals surface area contributed by atoms with Crippen LogP contribution in [0.1, 0.15) is 23.3 Å². The number of nitro benzene ring substituents is 1. The summed E-state index contributed by atoms with van der Waals surface area (Å²) in [5, 5.41) is 18.2. The van der Waals surface area contributed by atoms with Gasteiger partial charge in [0.15, 0.2) is 0 Å². The molecule has 1 saturated heterocycles. The number of anilines is 1. The molecule has 0 atom stereocenters. The first-order valence-electron chi connectivity index (χ1n) is 9.51. The topological polar surface area (TPSA) is 105 Å². The Hall–Kier alpha value is -2.78. The molecule has 3 rings (SSSR count). The summed E-state index contributed by atoms with van der Waals surface area (Å²) in [6, 6.07) is 8.62. The number of amides is 2. The average molecular weight is 417 g/mol. The molecular formula is C20H24N4O4S. The van der Waals surface area contributed by atoms with Crippen molar-refractivity contribution in [2.24, 2.45) is 5.92 Å². The number of carbonyl (C=O) groups excluding carboxylic acids is 2. The molecule has 0 bridgehead atoms. The maximum Gasteiger partial charge on any atom is 0.313 e.